The molecule has 3 aromatic heterocycles. The Bertz CT molecular complexity index is 1720. The lowest BCUT2D eigenvalue weighted by Gasteiger charge is -2.42. The number of fused-ring (bicyclic) bond motifs is 2. The maximum absolute atomic E-state index is 16.8. The van der Waals surface area contributed by atoms with Crippen LogP contribution in [0.1, 0.15) is 50.8 Å². The summed E-state index contributed by atoms with van der Waals surface area (Å²) in [5, 5.41) is 3.63. The fraction of sp³-hybridized carbons (Fsp3) is 0.625. The van der Waals surface area contributed by atoms with Crippen LogP contribution in [0.2, 0.25) is 0 Å². The summed E-state index contributed by atoms with van der Waals surface area (Å²) in [4.78, 5) is 21.4. The van der Waals surface area contributed by atoms with Crippen molar-refractivity contribution in [2.24, 2.45) is 11.3 Å². The Balaban J connectivity index is 1.33. The van der Waals surface area contributed by atoms with Crippen LogP contribution >= 0.6 is 0 Å². The van der Waals surface area contributed by atoms with Crippen LogP contribution in [0.3, 0.4) is 0 Å². The van der Waals surface area contributed by atoms with E-state index in [2.05, 4.69) is 20.3 Å². The van der Waals surface area contributed by atoms with Crippen LogP contribution in [0.25, 0.3) is 22.2 Å². The number of alkyl halides is 5. The summed E-state index contributed by atoms with van der Waals surface area (Å²) in [7, 11) is 0. The molecule has 3 aliphatic heterocycles. The molecule has 1 saturated carbocycles. The van der Waals surface area contributed by atoms with Gasteiger partial charge >= 0.3 is 12.2 Å². The number of nitrogen functional groups attached to an aromatic ring is 1. The van der Waals surface area contributed by atoms with Crippen LogP contribution in [0, 0.1) is 24.1 Å². The minimum atomic E-state index is -4.89. The first-order chi connectivity index (χ1) is 22.8. The first kappa shape index (κ1) is 32.9. The van der Waals surface area contributed by atoms with Gasteiger partial charge in [-0.15, -0.1) is 0 Å². The van der Waals surface area contributed by atoms with Crippen molar-refractivity contribution in [1.82, 2.24) is 30.2 Å². The average molecular weight is 681 g/mol. The molecule has 3 fully saturated rings. The van der Waals surface area contributed by atoms with E-state index in [1.807, 2.05) is 23.6 Å². The Morgan fingerprint density at radius 3 is 2.60 bits per heavy atom. The Morgan fingerprint density at radius 2 is 1.94 bits per heavy atom. The molecule has 7 rings (SSSR count). The van der Waals surface area contributed by atoms with E-state index >= 15 is 4.39 Å². The van der Waals surface area contributed by atoms with Gasteiger partial charge in [-0.3, -0.25) is 0 Å². The average Bonchev–Trinajstić information content (AvgIpc) is 3.66. The number of rotatable bonds is 8. The fourth-order valence-electron chi connectivity index (χ4n) is 7.34. The standard InChI is InChI=1S/C32H38F6N8O2/c1-4-18-12-46-20(10-40-18)16(3)48-29-22-26(24(33)25(42-29)19-9-21(39)41-15(2)23(19)32(36,37)38)43-30(44-28(22)46)47-14-31(6-7-31)13-45-8-5-17(11-45)27(34)35/h9,16-18,20,27,40H,4-8,10-14H2,1-3H3,(H2,39,41)/t16-,17?,18+,20-/m0/s1. The third-order valence-corrected chi connectivity index (χ3v) is 10.2. The molecule has 4 atom stereocenters. The van der Waals surface area contributed by atoms with Crippen molar-refractivity contribution in [3.05, 3.63) is 23.1 Å². The highest BCUT2D eigenvalue weighted by atomic mass is 19.4. The molecule has 2 saturated heterocycles. The number of likely N-dealkylation sites (tertiary alicyclic amines) is 1. The second kappa shape index (κ2) is 12.0. The monoisotopic (exact) mass is 680 g/mol. The Labute approximate surface area is 273 Å². The number of hydrogen-bond donors (Lipinski definition) is 2. The number of halogens is 6. The van der Waals surface area contributed by atoms with Crippen LogP contribution in [0.15, 0.2) is 6.07 Å². The molecule has 260 valence electrons. The molecule has 6 heterocycles. The molecular weight excluding hydrogens is 642 g/mol. The Kier molecular flexibility index (Phi) is 8.24. The highest BCUT2D eigenvalue weighted by molar-refractivity contribution is 5.97. The molecule has 16 heteroatoms. The lowest BCUT2D eigenvalue weighted by molar-refractivity contribution is -0.137. The van der Waals surface area contributed by atoms with E-state index in [1.165, 1.54) is 0 Å². The molecule has 10 nitrogen and oxygen atoms in total. The maximum atomic E-state index is 16.8. The van der Waals surface area contributed by atoms with Crippen LogP contribution in [0.4, 0.5) is 38.0 Å². The second-order valence-corrected chi connectivity index (χ2v) is 13.6. The van der Waals surface area contributed by atoms with Crippen LogP contribution < -0.4 is 25.4 Å². The SMILES string of the molecule is CC[C@@H]1CN2c3nc(OCC4(CN5CCC(C(F)F)C5)CC4)nc4c(F)c(-c5cc(N)nc(C)c5C(F)(F)F)nc(c34)O[C@@H](C)[C@@H]2CN1. The number of pyridine rings is 2. The Morgan fingerprint density at radius 1 is 1.17 bits per heavy atom. The topological polar surface area (TPSA) is 115 Å². The minimum absolute atomic E-state index is 0.0887. The van der Waals surface area contributed by atoms with Gasteiger partial charge in [0.15, 0.2) is 5.82 Å². The van der Waals surface area contributed by atoms with Gasteiger partial charge in [-0.2, -0.15) is 23.1 Å². The molecule has 48 heavy (non-hydrogen) atoms. The summed E-state index contributed by atoms with van der Waals surface area (Å²) < 4.78 is 98.8. The van der Waals surface area contributed by atoms with Crippen molar-refractivity contribution in [2.45, 2.75) is 77.2 Å². The van der Waals surface area contributed by atoms with Gasteiger partial charge in [-0.1, -0.05) is 6.92 Å². The molecule has 1 aliphatic carbocycles. The number of nitrogens with zero attached hydrogens (tertiary/aromatic N) is 6. The highest BCUT2D eigenvalue weighted by Crippen LogP contribution is 2.48. The third kappa shape index (κ3) is 5.94. The van der Waals surface area contributed by atoms with Crippen molar-refractivity contribution in [2.75, 3.05) is 50.0 Å². The fourth-order valence-corrected chi connectivity index (χ4v) is 7.34. The van der Waals surface area contributed by atoms with E-state index in [9.17, 15) is 22.0 Å². The smallest absolute Gasteiger partial charge is 0.418 e. The molecule has 0 aromatic carbocycles. The molecule has 0 spiro atoms. The van der Waals surface area contributed by atoms with Crippen LogP contribution in [-0.2, 0) is 6.18 Å². The zero-order valence-corrected chi connectivity index (χ0v) is 26.9. The summed E-state index contributed by atoms with van der Waals surface area (Å²) >= 11 is 0. The number of piperazine rings is 1. The van der Waals surface area contributed by atoms with Crippen molar-refractivity contribution in [3.63, 3.8) is 0 Å². The van der Waals surface area contributed by atoms with Crippen LogP contribution in [-0.4, -0.2) is 88.8 Å². The second-order valence-electron chi connectivity index (χ2n) is 13.6. The van der Waals surface area contributed by atoms with E-state index in [4.69, 9.17) is 20.2 Å². The first-order valence-electron chi connectivity index (χ1n) is 16.3. The zero-order valence-electron chi connectivity index (χ0n) is 26.9. The van der Waals surface area contributed by atoms with Gasteiger partial charge in [0.2, 0.25) is 12.3 Å². The third-order valence-electron chi connectivity index (χ3n) is 10.2. The number of nitrogens with one attached hydrogen (secondary N) is 1. The predicted molar refractivity (Wildman–Crippen MR) is 166 cm³/mol. The lowest BCUT2D eigenvalue weighted by Crippen LogP contribution is -2.60. The summed E-state index contributed by atoms with van der Waals surface area (Å²) in [6.45, 7) is 7.69. The number of ether oxygens (including phenoxy) is 2. The maximum Gasteiger partial charge on any atom is 0.418 e. The number of aromatic nitrogens is 4. The minimum Gasteiger partial charge on any atom is -0.472 e. The largest absolute Gasteiger partial charge is 0.472 e. The van der Waals surface area contributed by atoms with Crippen molar-refractivity contribution >= 4 is 22.5 Å². The molecule has 3 N–H and O–H groups in total. The van der Waals surface area contributed by atoms with Gasteiger partial charge in [0.1, 0.15) is 34.3 Å². The summed E-state index contributed by atoms with van der Waals surface area (Å²) in [5.41, 5.74) is 2.48. The van der Waals surface area contributed by atoms with Crippen molar-refractivity contribution in [1.29, 1.82) is 0 Å². The molecule has 3 aromatic rings. The summed E-state index contributed by atoms with van der Waals surface area (Å²) in [5.74, 6) is -1.76. The lowest BCUT2D eigenvalue weighted by atomic mass is 10.0. The van der Waals surface area contributed by atoms with Crippen LogP contribution in [0.5, 0.6) is 11.9 Å². The van der Waals surface area contributed by atoms with E-state index < -0.39 is 53.0 Å². The molecule has 0 bridgehead atoms. The van der Waals surface area contributed by atoms with E-state index in [0.29, 0.717) is 45.0 Å². The predicted octanol–water partition coefficient (Wildman–Crippen LogP) is 5.22. The van der Waals surface area contributed by atoms with Gasteiger partial charge in [0.25, 0.3) is 0 Å². The van der Waals surface area contributed by atoms with E-state index in [0.717, 1.165) is 32.3 Å². The summed E-state index contributed by atoms with van der Waals surface area (Å²) in [6, 6.07) is 0.633. The normalized spacial score (nSPS) is 25.2. The molecule has 0 radical (unpaired) electrons. The molecule has 4 aliphatic rings. The number of nitrogens with two attached hydrogens (primary N) is 1. The number of hydrogen-bond acceptors (Lipinski definition) is 10. The Hall–Kier alpha value is -3.66. The molecule has 1 unspecified atom stereocenters. The van der Waals surface area contributed by atoms with Gasteiger partial charge < -0.3 is 30.3 Å². The van der Waals surface area contributed by atoms with Gasteiger partial charge in [-0.05, 0) is 52.1 Å². The first-order valence-corrected chi connectivity index (χ1v) is 16.3. The van der Waals surface area contributed by atoms with E-state index in [1.54, 1.807) is 0 Å². The zero-order chi connectivity index (χ0) is 34.1. The molecule has 0 amide bonds. The quantitative estimate of drug-likeness (QED) is 0.307. The highest BCUT2D eigenvalue weighted by Gasteiger charge is 2.47. The van der Waals surface area contributed by atoms with E-state index in [-0.39, 0.29) is 52.7 Å². The molecular formula is C32H38F6N8O2. The summed E-state index contributed by atoms with van der Waals surface area (Å²) in [6.07, 6.45) is -4.87. The van der Waals surface area contributed by atoms with Crippen molar-refractivity contribution < 1.29 is 35.8 Å². The number of aryl methyl sites for hydroxylation is 1. The number of anilines is 2. The van der Waals surface area contributed by atoms with Gasteiger partial charge in [-0.25, -0.2) is 23.1 Å². The van der Waals surface area contributed by atoms with Gasteiger partial charge in [0.05, 0.1) is 23.9 Å². The van der Waals surface area contributed by atoms with Crippen molar-refractivity contribution in [3.8, 4) is 23.1 Å². The van der Waals surface area contributed by atoms with Gasteiger partial charge in [0, 0.05) is 49.1 Å².